The first-order valence-electron chi connectivity index (χ1n) is 11.4. The van der Waals surface area contributed by atoms with Gasteiger partial charge in [-0.25, -0.2) is 4.90 Å². The average Bonchev–Trinajstić information content (AvgIpc) is 3.59. The van der Waals surface area contributed by atoms with Gasteiger partial charge in [0.2, 0.25) is 17.7 Å². The average molecular weight is 631 g/mol. The monoisotopic (exact) mass is 629 g/mol. The van der Waals surface area contributed by atoms with E-state index >= 15 is 0 Å². The molecule has 12 heteroatoms. The molecule has 1 N–H and O–H groups in total. The number of halogens is 2. The molecule has 2 aromatic carbocycles. The molecule has 0 saturated carbocycles. The number of hydrogen-bond acceptors (Lipinski definition) is 7. The van der Waals surface area contributed by atoms with Gasteiger partial charge in [0.05, 0.1) is 33.7 Å². The first-order chi connectivity index (χ1) is 18.3. The number of furan rings is 1. The molecule has 4 aromatic rings. The Morgan fingerprint density at radius 2 is 1.76 bits per heavy atom. The topological polar surface area (TPSA) is 102 Å². The second-order valence-corrected chi connectivity index (χ2v) is 12.2. The Hall–Kier alpha value is -3.12. The SMILES string of the molecule is O=C(Cn1c2c(sc1=O)[C@@H](c1ccco1)[C@@H]1C(=O)N(c3ccc(Br)cc3)C(=O)[C@@H]1S2)Nc1ccc(Cl)cc1. The third-order valence-corrected chi connectivity index (χ3v) is 9.80. The van der Waals surface area contributed by atoms with Gasteiger partial charge in [-0.3, -0.25) is 23.7 Å². The van der Waals surface area contributed by atoms with Crippen LogP contribution in [-0.2, 0) is 20.9 Å². The third-order valence-electron chi connectivity index (χ3n) is 6.41. The van der Waals surface area contributed by atoms with E-state index in [2.05, 4.69) is 21.2 Å². The third kappa shape index (κ3) is 4.33. The van der Waals surface area contributed by atoms with Crippen LogP contribution in [0.15, 0.2) is 85.6 Å². The molecular formula is C26H17BrClN3O5S2. The number of carbonyl (C=O) groups is 3. The second-order valence-electron chi connectivity index (χ2n) is 8.72. The van der Waals surface area contributed by atoms with Gasteiger partial charge in [-0.15, -0.1) is 0 Å². The normalized spacial score (nSPS) is 20.4. The molecule has 1 saturated heterocycles. The first kappa shape index (κ1) is 25.2. The summed E-state index contributed by atoms with van der Waals surface area (Å²) in [4.78, 5) is 54.8. The summed E-state index contributed by atoms with van der Waals surface area (Å²) in [5.74, 6) is -2.04. The van der Waals surface area contributed by atoms with Gasteiger partial charge in [-0.1, -0.05) is 50.6 Å². The van der Waals surface area contributed by atoms with Gasteiger partial charge in [-0.05, 0) is 60.7 Å². The van der Waals surface area contributed by atoms with Crippen LogP contribution in [0.5, 0.6) is 0 Å². The van der Waals surface area contributed by atoms with E-state index in [0.29, 0.717) is 32.1 Å². The largest absolute Gasteiger partial charge is 0.469 e. The van der Waals surface area contributed by atoms with Gasteiger partial charge in [-0.2, -0.15) is 0 Å². The van der Waals surface area contributed by atoms with Crippen LogP contribution in [0.1, 0.15) is 16.6 Å². The van der Waals surface area contributed by atoms with Crippen molar-refractivity contribution in [1.82, 2.24) is 4.57 Å². The molecule has 2 aromatic heterocycles. The Morgan fingerprint density at radius 3 is 2.45 bits per heavy atom. The van der Waals surface area contributed by atoms with Crippen LogP contribution < -0.4 is 15.1 Å². The Balaban J connectivity index is 1.38. The fraction of sp³-hybridized carbons (Fsp3) is 0.154. The fourth-order valence-electron chi connectivity index (χ4n) is 4.75. The quantitative estimate of drug-likeness (QED) is 0.298. The van der Waals surface area contributed by atoms with E-state index in [1.165, 1.54) is 15.7 Å². The predicted molar refractivity (Wildman–Crippen MR) is 149 cm³/mol. The van der Waals surface area contributed by atoms with Crippen molar-refractivity contribution in [3.8, 4) is 0 Å². The number of rotatable bonds is 5. The number of thiazole rings is 1. The predicted octanol–water partition coefficient (Wildman–Crippen LogP) is 5.35. The Kier molecular flexibility index (Phi) is 6.55. The summed E-state index contributed by atoms with van der Waals surface area (Å²) in [5.41, 5.74) is 1.01. The van der Waals surface area contributed by atoms with Crippen molar-refractivity contribution in [2.75, 3.05) is 10.2 Å². The van der Waals surface area contributed by atoms with Crippen molar-refractivity contribution in [2.45, 2.75) is 22.7 Å². The smallest absolute Gasteiger partial charge is 0.308 e. The molecule has 2 aliphatic rings. The molecule has 0 unspecified atom stereocenters. The molecule has 8 nitrogen and oxygen atoms in total. The number of anilines is 2. The van der Waals surface area contributed by atoms with Crippen molar-refractivity contribution < 1.29 is 18.8 Å². The summed E-state index contributed by atoms with van der Waals surface area (Å²) >= 11 is 11.4. The Labute approximate surface area is 237 Å². The van der Waals surface area contributed by atoms with Crippen LogP contribution in [0.25, 0.3) is 0 Å². The molecule has 192 valence electrons. The first-order valence-corrected chi connectivity index (χ1v) is 14.3. The van der Waals surface area contributed by atoms with E-state index < -0.39 is 23.0 Å². The lowest BCUT2D eigenvalue weighted by atomic mass is 9.87. The minimum Gasteiger partial charge on any atom is -0.469 e. The number of thioether (sulfide) groups is 1. The van der Waals surface area contributed by atoms with E-state index in [4.69, 9.17) is 16.0 Å². The molecule has 1 fully saturated rings. The number of nitrogens with zero attached hydrogens (tertiary/aromatic N) is 2. The Bertz CT molecular complexity index is 1620. The van der Waals surface area contributed by atoms with E-state index in [1.54, 1.807) is 60.7 Å². The van der Waals surface area contributed by atoms with E-state index in [9.17, 15) is 19.2 Å². The highest BCUT2D eigenvalue weighted by molar-refractivity contribution is 9.10. The second kappa shape index (κ2) is 9.88. The van der Waals surface area contributed by atoms with Gasteiger partial charge in [0.25, 0.3) is 0 Å². The highest BCUT2D eigenvalue weighted by atomic mass is 79.9. The zero-order valence-electron chi connectivity index (χ0n) is 19.3. The van der Waals surface area contributed by atoms with E-state index in [1.807, 2.05) is 0 Å². The summed E-state index contributed by atoms with van der Waals surface area (Å²) in [7, 11) is 0. The summed E-state index contributed by atoms with van der Waals surface area (Å²) in [6.45, 7) is -0.249. The minimum absolute atomic E-state index is 0.249. The molecule has 0 aliphatic carbocycles. The van der Waals surface area contributed by atoms with Gasteiger partial charge < -0.3 is 9.73 Å². The molecule has 2 aliphatic heterocycles. The number of imide groups is 1. The zero-order chi connectivity index (χ0) is 26.6. The van der Waals surface area contributed by atoms with Crippen molar-refractivity contribution in [2.24, 2.45) is 5.92 Å². The van der Waals surface area contributed by atoms with Crippen LogP contribution in [0.3, 0.4) is 0 Å². The van der Waals surface area contributed by atoms with Crippen LogP contribution in [0.4, 0.5) is 11.4 Å². The fourth-order valence-corrected chi connectivity index (χ4v) is 7.90. The molecule has 0 radical (unpaired) electrons. The highest BCUT2D eigenvalue weighted by Crippen LogP contribution is 2.53. The maximum atomic E-state index is 13.7. The summed E-state index contributed by atoms with van der Waals surface area (Å²) < 4.78 is 7.89. The lowest BCUT2D eigenvalue weighted by Gasteiger charge is -2.29. The number of aromatic nitrogens is 1. The van der Waals surface area contributed by atoms with Crippen LogP contribution >= 0.6 is 50.6 Å². The number of fused-ring (bicyclic) bond motifs is 2. The minimum atomic E-state index is -0.784. The zero-order valence-corrected chi connectivity index (χ0v) is 23.3. The molecule has 6 rings (SSSR count). The summed E-state index contributed by atoms with van der Waals surface area (Å²) in [6, 6.07) is 17.0. The van der Waals surface area contributed by atoms with Gasteiger partial charge in [0.15, 0.2) is 0 Å². The number of hydrogen-bond donors (Lipinski definition) is 1. The maximum Gasteiger partial charge on any atom is 0.308 e. The molecule has 0 spiro atoms. The molecular weight excluding hydrogens is 614 g/mol. The molecule has 3 amide bonds. The van der Waals surface area contributed by atoms with Crippen LogP contribution in [-0.4, -0.2) is 27.5 Å². The molecule has 0 bridgehead atoms. The van der Waals surface area contributed by atoms with E-state index in [-0.39, 0.29) is 23.2 Å². The lowest BCUT2D eigenvalue weighted by molar-refractivity contribution is -0.122. The van der Waals surface area contributed by atoms with Crippen molar-refractivity contribution in [3.05, 3.63) is 96.7 Å². The highest BCUT2D eigenvalue weighted by Gasteiger charge is 2.57. The standard InChI is InChI=1S/C26H17BrClN3O5S2/c27-13-3-9-16(10-4-13)31-23(33)20-19(17-2-1-11-36-17)22-25(37-21(20)24(31)34)30(26(35)38-22)12-18(32)29-15-7-5-14(28)6-8-15/h1-11,19-21H,12H2,(H,29,32)/t19-,20-,21+/m0/s1. The number of amides is 3. The maximum absolute atomic E-state index is 13.7. The van der Waals surface area contributed by atoms with Gasteiger partial charge in [0, 0.05) is 15.2 Å². The lowest BCUT2D eigenvalue weighted by Crippen LogP contribution is -2.32. The van der Waals surface area contributed by atoms with Crippen LogP contribution in [0, 0.1) is 5.92 Å². The van der Waals surface area contributed by atoms with Gasteiger partial charge >= 0.3 is 4.87 Å². The summed E-state index contributed by atoms with van der Waals surface area (Å²) in [6.07, 6.45) is 1.50. The number of nitrogens with one attached hydrogen (secondary N) is 1. The van der Waals surface area contributed by atoms with Crippen LogP contribution in [0.2, 0.25) is 5.02 Å². The Morgan fingerprint density at radius 1 is 1.03 bits per heavy atom. The van der Waals surface area contributed by atoms with Crippen molar-refractivity contribution in [3.63, 3.8) is 0 Å². The molecule has 38 heavy (non-hydrogen) atoms. The summed E-state index contributed by atoms with van der Waals surface area (Å²) in [5, 5.41) is 3.01. The van der Waals surface area contributed by atoms with Crippen molar-refractivity contribution >= 4 is 79.7 Å². The molecule has 3 atom stereocenters. The number of benzene rings is 2. The van der Waals surface area contributed by atoms with Gasteiger partial charge in [0.1, 0.15) is 17.6 Å². The molecule has 4 heterocycles. The van der Waals surface area contributed by atoms with Crippen molar-refractivity contribution in [1.29, 1.82) is 0 Å². The van der Waals surface area contributed by atoms with E-state index in [0.717, 1.165) is 27.6 Å². The number of carbonyl (C=O) groups excluding carboxylic acids is 3.